The van der Waals surface area contributed by atoms with Crippen LogP contribution in [0.2, 0.25) is 0 Å². The Morgan fingerprint density at radius 1 is 1.28 bits per heavy atom. The van der Waals surface area contributed by atoms with Crippen molar-refractivity contribution in [1.29, 1.82) is 0 Å². The van der Waals surface area contributed by atoms with E-state index in [1.54, 1.807) is 0 Å². The summed E-state index contributed by atoms with van der Waals surface area (Å²) in [5, 5.41) is 1.09. The van der Waals surface area contributed by atoms with E-state index in [-0.39, 0.29) is 22.9 Å². The number of sulfonamides is 1. The minimum Gasteiger partial charge on any atom is -0.288 e. The fourth-order valence-electron chi connectivity index (χ4n) is 3.41. The third-order valence-corrected chi connectivity index (χ3v) is 7.88. The lowest BCUT2D eigenvalue weighted by atomic mass is 10.2. The summed E-state index contributed by atoms with van der Waals surface area (Å²) in [4.78, 5) is 30.8. The van der Waals surface area contributed by atoms with Crippen LogP contribution in [0.25, 0.3) is 10.9 Å². The molecule has 1 aliphatic rings. The van der Waals surface area contributed by atoms with E-state index in [0.29, 0.717) is 11.4 Å². The van der Waals surface area contributed by atoms with Gasteiger partial charge in [0.25, 0.3) is 5.56 Å². The fraction of sp³-hybridized carbons (Fsp3) is 0.421. The molecule has 0 spiro atoms. The molecule has 1 fully saturated rings. The summed E-state index contributed by atoms with van der Waals surface area (Å²) in [6.07, 6.45) is 0.807. The summed E-state index contributed by atoms with van der Waals surface area (Å²) in [5.74, 6) is 0.314. The van der Waals surface area contributed by atoms with Gasteiger partial charge in [0.2, 0.25) is 10.0 Å². The molecule has 0 aliphatic heterocycles. The van der Waals surface area contributed by atoms with Crippen LogP contribution >= 0.6 is 11.3 Å². The summed E-state index contributed by atoms with van der Waals surface area (Å²) >= 11 is 1.49. The number of benzene rings is 1. The second kappa shape index (κ2) is 6.89. The summed E-state index contributed by atoms with van der Waals surface area (Å²) in [6.45, 7) is 6.02. The molecule has 0 amide bonds. The van der Waals surface area contributed by atoms with Gasteiger partial charge in [-0.15, -0.1) is 11.3 Å². The average Bonchev–Trinajstić information content (AvgIpc) is 3.24. The number of nitrogens with one attached hydrogen (secondary N) is 1. The SMILES string of the molecule is Cc1nc(C)c(Cn2c(=O)n(C)c(=O)c3cc(S(=O)(=O)NC4CC4C)ccc32)s1. The molecule has 1 saturated carbocycles. The maximum atomic E-state index is 12.8. The second-order valence-corrected chi connectivity index (χ2v) is 10.6. The van der Waals surface area contributed by atoms with E-state index in [9.17, 15) is 18.0 Å². The zero-order valence-corrected chi connectivity index (χ0v) is 18.2. The number of aryl methyl sites for hydroxylation is 2. The number of hydrogen-bond acceptors (Lipinski definition) is 6. The highest BCUT2D eigenvalue weighted by molar-refractivity contribution is 7.89. The molecule has 0 radical (unpaired) electrons. The Balaban J connectivity index is 1.86. The predicted octanol–water partition coefficient (Wildman–Crippen LogP) is 1.51. The Morgan fingerprint density at radius 3 is 2.55 bits per heavy atom. The number of thiazole rings is 1. The average molecular weight is 435 g/mol. The molecule has 0 bridgehead atoms. The molecule has 10 heteroatoms. The van der Waals surface area contributed by atoms with Gasteiger partial charge in [-0.25, -0.2) is 22.9 Å². The van der Waals surface area contributed by atoms with E-state index in [4.69, 9.17) is 0 Å². The number of aromatic nitrogens is 3. The van der Waals surface area contributed by atoms with E-state index >= 15 is 0 Å². The maximum absolute atomic E-state index is 12.8. The smallest absolute Gasteiger partial charge is 0.288 e. The maximum Gasteiger partial charge on any atom is 0.331 e. The lowest BCUT2D eigenvalue weighted by Gasteiger charge is -2.13. The van der Waals surface area contributed by atoms with Crippen LogP contribution in [0, 0.1) is 19.8 Å². The van der Waals surface area contributed by atoms with Gasteiger partial charge in [0, 0.05) is 18.0 Å². The molecule has 2 unspecified atom stereocenters. The van der Waals surface area contributed by atoms with Crippen molar-refractivity contribution < 1.29 is 8.42 Å². The highest BCUT2D eigenvalue weighted by Crippen LogP contribution is 2.31. The van der Waals surface area contributed by atoms with Gasteiger partial charge < -0.3 is 0 Å². The molecular weight excluding hydrogens is 412 g/mol. The monoisotopic (exact) mass is 434 g/mol. The van der Waals surface area contributed by atoms with Crippen molar-refractivity contribution in [2.24, 2.45) is 13.0 Å². The first-order valence-electron chi connectivity index (χ1n) is 9.27. The minimum atomic E-state index is -3.73. The zero-order valence-electron chi connectivity index (χ0n) is 16.6. The molecule has 8 nitrogen and oxygen atoms in total. The Labute approximate surface area is 171 Å². The molecule has 29 heavy (non-hydrogen) atoms. The Hall–Kier alpha value is -2.30. The Bertz CT molecular complexity index is 1350. The van der Waals surface area contributed by atoms with E-state index in [2.05, 4.69) is 9.71 Å². The number of rotatable bonds is 5. The van der Waals surface area contributed by atoms with Crippen LogP contribution < -0.4 is 16.0 Å². The first-order valence-corrected chi connectivity index (χ1v) is 11.6. The molecule has 3 aromatic rings. The molecule has 1 N–H and O–H groups in total. The molecule has 154 valence electrons. The third kappa shape index (κ3) is 3.56. The first-order chi connectivity index (χ1) is 13.6. The van der Waals surface area contributed by atoms with Gasteiger partial charge in [-0.05, 0) is 44.4 Å². The molecule has 2 atom stereocenters. The van der Waals surface area contributed by atoms with Crippen LogP contribution in [0.5, 0.6) is 0 Å². The van der Waals surface area contributed by atoms with Crippen LogP contribution in [0.4, 0.5) is 0 Å². The Morgan fingerprint density at radius 2 is 1.97 bits per heavy atom. The normalized spacial score (nSPS) is 19.0. The summed E-state index contributed by atoms with van der Waals surface area (Å²) in [6, 6.07) is 4.27. The van der Waals surface area contributed by atoms with Gasteiger partial charge in [0.05, 0.1) is 33.0 Å². The topological polar surface area (TPSA) is 103 Å². The predicted molar refractivity (Wildman–Crippen MR) is 112 cm³/mol. The first kappa shape index (κ1) is 20.0. The van der Waals surface area contributed by atoms with Gasteiger partial charge in [-0.3, -0.25) is 13.9 Å². The van der Waals surface area contributed by atoms with E-state index in [1.165, 1.54) is 41.2 Å². The van der Waals surface area contributed by atoms with Crippen molar-refractivity contribution >= 4 is 32.3 Å². The van der Waals surface area contributed by atoms with E-state index in [1.807, 2.05) is 20.8 Å². The van der Waals surface area contributed by atoms with Crippen molar-refractivity contribution in [2.45, 2.75) is 44.7 Å². The molecule has 2 aromatic heterocycles. The zero-order chi connectivity index (χ0) is 21.1. The van der Waals surface area contributed by atoms with Gasteiger partial charge in [0.1, 0.15) is 0 Å². The molecular formula is C19H22N4O4S2. The second-order valence-electron chi connectivity index (χ2n) is 7.59. The van der Waals surface area contributed by atoms with Crippen molar-refractivity contribution in [3.63, 3.8) is 0 Å². The summed E-state index contributed by atoms with van der Waals surface area (Å²) in [7, 11) is -2.33. The minimum absolute atomic E-state index is 0.0243. The van der Waals surface area contributed by atoms with Crippen molar-refractivity contribution in [1.82, 2.24) is 18.8 Å². The highest BCUT2D eigenvalue weighted by Gasteiger charge is 2.36. The van der Waals surface area contributed by atoms with Gasteiger partial charge in [-0.1, -0.05) is 6.92 Å². The van der Waals surface area contributed by atoms with Gasteiger partial charge in [-0.2, -0.15) is 0 Å². The summed E-state index contributed by atoms with van der Waals surface area (Å²) in [5.41, 5.74) is 0.273. The van der Waals surface area contributed by atoms with Crippen LogP contribution in [0.3, 0.4) is 0 Å². The van der Waals surface area contributed by atoms with Gasteiger partial charge >= 0.3 is 5.69 Å². The largest absolute Gasteiger partial charge is 0.331 e. The molecule has 2 heterocycles. The molecule has 1 aliphatic carbocycles. The van der Waals surface area contributed by atoms with Crippen molar-refractivity contribution in [3.05, 3.63) is 54.6 Å². The molecule has 4 rings (SSSR count). The van der Waals surface area contributed by atoms with Gasteiger partial charge in [0.15, 0.2) is 0 Å². The van der Waals surface area contributed by atoms with E-state index < -0.39 is 21.3 Å². The quantitative estimate of drug-likeness (QED) is 0.656. The van der Waals surface area contributed by atoms with Crippen LogP contribution in [0.15, 0.2) is 32.7 Å². The number of nitrogens with zero attached hydrogens (tertiary/aromatic N) is 3. The van der Waals surface area contributed by atoms with E-state index in [0.717, 1.165) is 26.6 Å². The lowest BCUT2D eigenvalue weighted by molar-refractivity contribution is 0.578. The van der Waals surface area contributed by atoms with Crippen molar-refractivity contribution in [2.75, 3.05) is 0 Å². The standard InChI is InChI=1S/C19H22N4O4S2/c1-10-7-15(10)21-29(26,27)13-5-6-16-14(8-13)18(24)22(4)19(25)23(16)9-17-11(2)20-12(3)28-17/h5-6,8,10,15,21H,7,9H2,1-4H3. The van der Waals surface area contributed by atoms with Crippen LogP contribution in [0.1, 0.15) is 28.9 Å². The molecule has 0 saturated heterocycles. The molecule has 1 aromatic carbocycles. The number of fused-ring (bicyclic) bond motifs is 1. The lowest BCUT2D eigenvalue weighted by Crippen LogP contribution is -2.38. The van der Waals surface area contributed by atoms with Crippen molar-refractivity contribution in [3.8, 4) is 0 Å². The highest BCUT2D eigenvalue weighted by atomic mass is 32.2. The number of hydrogen-bond donors (Lipinski definition) is 1. The fourth-order valence-corrected chi connectivity index (χ4v) is 5.72. The third-order valence-electron chi connectivity index (χ3n) is 5.34. The van der Waals surface area contributed by atoms with Crippen LogP contribution in [-0.2, 0) is 23.6 Å². The Kier molecular flexibility index (Phi) is 4.75. The summed E-state index contributed by atoms with van der Waals surface area (Å²) < 4.78 is 30.5. The van der Waals surface area contributed by atoms with Crippen LogP contribution in [-0.4, -0.2) is 28.6 Å².